The highest BCUT2D eigenvalue weighted by atomic mass is 35.5. The number of nitrogens with zero attached hydrogens (tertiary/aromatic N) is 2. The lowest BCUT2D eigenvalue weighted by atomic mass is 10.1. The third-order valence-corrected chi connectivity index (χ3v) is 4.67. The molecule has 0 bridgehead atoms. The van der Waals surface area contributed by atoms with E-state index in [0.717, 1.165) is 11.1 Å². The Kier molecular flexibility index (Phi) is 5.11. The third kappa shape index (κ3) is 4.03. The summed E-state index contributed by atoms with van der Waals surface area (Å²) in [5, 5.41) is 2.75. The van der Waals surface area contributed by atoms with Gasteiger partial charge in [0, 0.05) is 11.1 Å². The van der Waals surface area contributed by atoms with Crippen LogP contribution < -0.4 is 4.90 Å². The topological polar surface area (TPSA) is 33.2 Å². The first kappa shape index (κ1) is 17.5. The minimum Gasteiger partial charge on any atom is -0.302 e. The van der Waals surface area contributed by atoms with Gasteiger partial charge < -0.3 is 4.90 Å². The maximum atomic E-state index is 13.3. The molecular formula is C18H13ClF2N2OS. The molecule has 0 aliphatic rings. The van der Waals surface area contributed by atoms with Crippen LogP contribution in [0.5, 0.6) is 0 Å². The summed E-state index contributed by atoms with van der Waals surface area (Å²) >= 11 is 7.50. The van der Waals surface area contributed by atoms with Crippen molar-refractivity contribution in [1.29, 1.82) is 0 Å². The summed E-state index contributed by atoms with van der Waals surface area (Å²) in [7, 11) is 0. The van der Waals surface area contributed by atoms with E-state index in [0.29, 0.717) is 11.4 Å². The van der Waals surface area contributed by atoms with Crippen LogP contribution >= 0.6 is 22.9 Å². The number of hydrogen-bond donors (Lipinski definition) is 0. The zero-order valence-electron chi connectivity index (χ0n) is 13.2. The van der Waals surface area contributed by atoms with Crippen LogP contribution in [-0.2, 0) is 6.54 Å². The molecule has 3 nitrogen and oxygen atoms in total. The average molecular weight is 379 g/mol. The molecule has 0 aliphatic carbocycles. The van der Waals surface area contributed by atoms with Gasteiger partial charge in [0.2, 0.25) is 0 Å². The van der Waals surface area contributed by atoms with Crippen LogP contribution in [0.15, 0.2) is 47.8 Å². The van der Waals surface area contributed by atoms with E-state index in [1.165, 1.54) is 52.6 Å². The van der Waals surface area contributed by atoms with E-state index < -0.39 is 17.5 Å². The molecule has 7 heteroatoms. The predicted molar refractivity (Wildman–Crippen MR) is 95.2 cm³/mol. The highest BCUT2D eigenvalue weighted by molar-refractivity contribution is 7.09. The molecule has 1 heterocycles. The molecule has 3 rings (SSSR count). The highest BCUT2D eigenvalue weighted by Crippen LogP contribution is 2.25. The molecule has 0 N–H and O–H groups in total. The summed E-state index contributed by atoms with van der Waals surface area (Å²) in [6, 6.07) is 9.15. The van der Waals surface area contributed by atoms with E-state index >= 15 is 0 Å². The van der Waals surface area contributed by atoms with E-state index in [1.54, 1.807) is 0 Å². The molecule has 0 saturated heterocycles. The van der Waals surface area contributed by atoms with Gasteiger partial charge in [0.25, 0.3) is 5.91 Å². The van der Waals surface area contributed by atoms with Crippen LogP contribution in [-0.4, -0.2) is 10.9 Å². The first-order valence-corrected chi connectivity index (χ1v) is 8.63. The van der Waals surface area contributed by atoms with Gasteiger partial charge in [-0.3, -0.25) is 4.79 Å². The van der Waals surface area contributed by atoms with Gasteiger partial charge in [-0.05, 0) is 49.4 Å². The zero-order valence-corrected chi connectivity index (χ0v) is 14.7. The molecule has 0 saturated carbocycles. The Morgan fingerprint density at radius 3 is 2.44 bits per heavy atom. The molecule has 0 atom stereocenters. The summed E-state index contributed by atoms with van der Waals surface area (Å²) in [5.74, 6) is -1.34. The van der Waals surface area contributed by atoms with Gasteiger partial charge in [-0.25, -0.2) is 13.8 Å². The van der Waals surface area contributed by atoms with Crippen molar-refractivity contribution < 1.29 is 13.6 Å². The second-order valence-electron chi connectivity index (χ2n) is 5.35. The van der Waals surface area contributed by atoms with Gasteiger partial charge in [-0.2, -0.15) is 0 Å². The van der Waals surface area contributed by atoms with Crippen molar-refractivity contribution >= 4 is 34.5 Å². The summed E-state index contributed by atoms with van der Waals surface area (Å²) in [4.78, 5) is 18.8. The van der Waals surface area contributed by atoms with Crippen LogP contribution in [0, 0.1) is 18.6 Å². The van der Waals surface area contributed by atoms with E-state index in [4.69, 9.17) is 11.6 Å². The number of anilines is 1. The van der Waals surface area contributed by atoms with Crippen molar-refractivity contribution in [2.24, 2.45) is 0 Å². The molecule has 0 aliphatic heterocycles. The number of carbonyl (C=O) groups excluding carboxylic acids is 1. The first-order chi connectivity index (χ1) is 11.9. The molecule has 0 fully saturated rings. The third-order valence-electron chi connectivity index (χ3n) is 3.53. The molecule has 3 aromatic rings. The SMILES string of the molecule is Cc1nc(CN(C(=O)c2ccc(F)cc2Cl)c2ccc(F)cc2)cs1. The van der Waals surface area contributed by atoms with Crippen molar-refractivity contribution in [3.05, 3.63) is 80.8 Å². The molecule has 1 amide bonds. The molecule has 0 unspecified atom stereocenters. The number of carbonyl (C=O) groups is 1. The lowest BCUT2D eigenvalue weighted by Gasteiger charge is -2.22. The van der Waals surface area contributed by atoms with Crippen LogP contribution in [0.1, 0.15) is 21.1 Å². The lowest BCUT2D eigenvalue weighted by molar-refractivity contribution is 0.0985. The largest absolute Gasteiger partial charge is 0.302 e. The predicted octanol–water partition coefficient (Wildman–Crippen LogP) is 5.23. The van der Waals surface area contributed by atoms with Crippen LogP contribution in [0.3, 0.4) is 0 Å². The maximum Gasteiger partial charge on any atom is 0.260 e. The number of aromatic nitrogens is 1. The van der Waals surface area contributed by atoms with Crippen molar-refractivity contribution in [3.8, 4) is 0 Å². The minimum absolute atomic E-state index is 0.0200. The Hall–Kier alpha value is -2.31. The van der Waals surface area contributed by atoms with Gasteiger partial charge in [-0.15, -0.1) is 11.3 Å². The summed E-state index contributed by atoms with van der Waals surface area (Å²) in [6.07, 6.45) is 0. The minimum atomic E-state index is -0.523. The molecule has 0 radical (unpaired) electrons. The maximum absolute atomic E-state index is 13.3. The zero-order chi connectivity index (χ0) is 18.0. The number of amides is 1. The number of hydrogen-bond acceptors (Lipinski definition) is 3. The van der Waals surface area contributed by atoms with Crippen molar-refractivity contribution in [3.63, 3.8) is 0 Å². The molecule has 2 aromatic carbocycles. The van der Waals surface area contributed by atoms with Gasteiger partial charge in [0.15, 0.2) is 0 Å². The van der Waals surface area contributed by atoms with Crippen LogP contribution in [0.4, 0.5) is 14.5 Å². The fraction of sp³-hybridized carbons (Fsp3) is 0.111. The molecule has 0 spiro atoms. The average Bonchev–Trinajstić information content (AvgIpc) is 2.98. The lowest BCUT2D eigenvalue weighted by Crippen LogP contribution is -2.30. The van der Waals surface area contributed by atoms with Crippen LogP contribution in [0.2, 0.25) is 5.02 Å². The highest BCUT2D eigenvalue weighted by Gasteiger charge is 2.22. The van der Waals surface area contributed by atoms with Crippen molar-refractivity contribution in [2.75, 3.05) is 4.90 Å². The summed E-state index contributed by atoms with van der Waals surface area (Å²) < 4.78 is 26.5. The van der Waals surface area contributed by atoms with Gasteiger partial charge in [0.1, 0.15) is 11.6 Å². The molecular weight excluding hydrogens is 366 g/mol. The summed E-state index contributed by atoms with van der Waals surface area (Å²) in [6.45, 7) is 2.07. The second kappa shape index (κ2) is 7.29. The Balaban J connectivity index is 2.00. The van der Waals surface area contributed by atoms with E-state index in [2.05, 4.69) is 4.98 Å². The van der Waals surface area contributed by atoms with Crippen LogP contribution in [0.25, 0.3) is 0 Å². The Morgan fingerprint density at radius 1 is 1.16 bits per heavy atom. The fourth-order valence-corrected chi connectivity index (χ4v) is 3.20. The number of halogens is 3. The summed E-state index contributed by atoms with van der Waals surface area (Å²) in [5.41, 5.74) is 1.37. The van der Waals surface area contributed by atoms with E-state index in [9.17, 15) is 13.6 Å². The van der Waals surface area contributed by atoms with E-state index in [1.807, 2.05) is 12.3 Å². The monoisotopic (exact) mass is 378 g/mol. The van der Waals surface area contributed by atoms with Crippen molar-refractivity contribution in [2.45, 2.75) is 13.5 Å². The molecule has 128 valence electrons. The normalized spacial score (nSPS) is 10.7. The number of aryl methyl sites for hydroxylation is 1. The Labute approximate surface area is 152 Å². The van der Waals surface area contributed by atoms with E-state index in [-0.39, 0.29) is 17.1 Å². The fourth-order valence-electron chi connectivity index (χ4n) is 2.35. The van der Waals surface area contributed by atoms with Gasteiger partial charge in [0.05, 0.1) is 27.8 Å². The Bertz CT molecular complexity index is 912. The number of thiazole rings is 1. The van der Waals surface area contributed by atoms with Crippen molar-refractivity contribution in [1.82, 2.24) is 4.98 Å². The van der Waals surface area contributed by atoms with Gasteiger partial charge in [-0.1, -0.05) is 11.6 Å². The quantitative estimate of drug-likeness (QED) is 0.622. The smallest absolute Gasteiger partial charge is 0.260 e. The number of rotatable bonds is 4. The number of benzene rings is 2. The second-order valence-corrected chi connectivity index (χ2v) is 6.82. The molecule has 1 aromatic heterocycles. The standard InChI is InChI=1S/C18H13ClF2N2OS/c1-11-22-14(10-25-11)9-23(15-5-2-12(20)3-6-15)18(24)16-7-4-13(21)8-17(16)19/h2-8,10H,9H2,1H3. The molecule has 25 heavy (non-hydrogen) atoms. The Morgan fingerprint density at radius 2 is 1.84 bits per heavy atom. The first-order valence-electron chi connectivity index (χ1n) is 7.37. The van der Waals surface area contributed by atoms with Gasteiger partial charge >= 0.3 is 0 Å².